The fraction of sp³-hybridized carbons (Fsp3) is 0.800. The van der Waals surface area contributed by atoms with E-state index in [-0.39, 0.29) is 6.03 Å². The lowest BCUT2D eigenvalue weighted by Crippen LogP contribution is -2.52. The van der Waals surface area contributed by atoms with E-state index in [1.165, 1.54) is 38.5 Å². The molecule has 0 aliphatic heterocycles. The molecule has 0 atom stereocenters. The molecule has 1 N–H and O–H groups in total. The topological polar surface area (TPSA) is 58.4 Å². The Morgan fingerprint density at radius 1 is 1.28 bits per heavy atom. The summed E-state index contributed by atoms with van der Waals surface area (Å²) in [6.45, 7) is 5.48. The first-order valence-corrected chi connectivity index (χ1v) is 9.87. The van der Waals surface area contributed by atoms with Crippen LogP contribution in [0.4, 0.5) is 4.79 Å². The Labute approximate surface area is 150 Å². The Hall–Kier alpha value is -1.52. The molecular formula is C20H31N3O2. The Balaban J connectivity index is 1.31. The smallest absolute Gasteiger partial charge is 0.317 e. The molecule has 5 heteroatoms. The summed E-state index contributed by atoms with van der Waals surface area (Å²) in [6.07, 6.45) is 8.30. The second-order valence-electron chi connectivity index (χ2n) is 9.31. The zero-order valence-electron chi connectivity index (χ0n) is 15.8. The molecular weight excluding hydrogens is 314 g/mol. The van der Waals surface area contributed by atoms with Gasteiger partial charge in [-0.15, -0.1) is 0 Å². The molecule has 1 aromatic heterocycles. The van der Waals surface area contributed by atoms with E-state index in [1.807, 2.05) is 13.1 Å². The third-order valence-electron chi connectivity index (χ3n) is 6.67. The fourth-order valence-corrected chi connectivity index (χ4v) is 5.89. The summed E-state index contributed by atoms with van der Waals surface area (Å²) in [5.41, 5.74) is 1.19. The number of nitrogens with one attached hydrogen (secondary N) is 1. The number of carbonyl (C=O) groups excluding carboxylic acids is 1. The largest absolute Gasteiger partial charge is 0.361 e. The van der Waals surface area contributed by atoms with E-state index in [9.17, 15) is 4.79 Å². The van der Waals surface area contributed by atoms with Crippen molar-refractivity contribution >= 4 is 6.03 Å². The summed E-state index contributed by atoms with van der Waals surface area (Å²) in [7, 11) is 1.83. The van der Waals surface area contributed by atoms with Gasteiger partial charge in [-0.3, -0.25) is 0 Å². The maximum atomic E-state index is 12.5. The molecule has 0 saturated heterocycles. The average Bonchev–Trinajstić information content (AvgIpc) is 3.00. The maximum Gasteiger partial charge on any atom is 0.317 e. The van der Waals surface area contributed by atoms with Crippen LogP contribution in [0.25, 0.3) is 0 Å². The summed E-state index contributed by atoms with van der Waals surface area (Å²) < 4.78 is 5.32. The molecule has 0 unspecified atom stereocenters. The van der Waals surface area contributed by atoms with Crippen molar-refractivity contribution in [1.82, 2.24) is 15.4 Å². The number of carbonyl (C=O) groups is 1. The van der Waals surface area contributed by atoms with Crippen molar-refractivity contribution in [2.24, 2.45) is 23.2 Å². The Kier molecular flexibility index (Phi) is 4.28. The third kappa shape index (κ3) is 3.42. The van der Waals surface area contributed by atoms with Crippen LogP contribution in [0.5, 0.6) is 0 Å². The molecule has 4 saturated carbocycles. The van der Waals surface area contributed by atoms with E-state index >= 15 is 0 Å². The van der Waals surface area contributed by atoms with Crippen LogP contribution in [0.3, 0.4) is 0 Å². The highest BCUT2D eigenvalue weighted by molar-refractivity contribution is 5.73. The van der Waals surface area contributed by atoms with Crippen LogP contribution in [0.2, 0.25) is 0 Å². The number of rotatable bonds is 5. The fourth-order valence-electron chi connectivity index (χ4n) is 5.89. The summed E-state index contributed by atoms with van der Waals surface area (Å²) in [5, 5.41) is 7.30. The van der Waals surface area contributed by atoms with Gasteiger partial charge in [0.05, 0.1) is 6.54 Å². The van der Waals surface area contributed by atoms with E-state index in [0.717, 1.165) is 35.8 Å². The molecule has 4 aliphatic carbocycles. The zero-order chi connectivity index (χ0) is 17.6. The molecule has 4 bridgehead atoms. The molecule has 5 rings (SSSR count). The highest BCUT2D eigenvalue weighted by Gasteiger charge is 2.50. The normalized spacial score (nSPS) is 33.0. The van der Waals surface area contributed by atoms with E-state index in [1.54, 1.807) is 4.90 Å². The van der Waals surface area contributed by atoms with Crippen LogP contribution in [0.15, 0.2) is 10.6 Å². The molecule has 138 valence electrons. The van der Waals surface area contributed by atoms with Crippen LogP contribution in [-0.4, -0.2) is 29.7 Å². The predicted molar refractivity (Wildman–Crippen MR) is 96.1 cm³/mol. The molecule has 0 aromatic carbocycles. The third-order valence-corrected chi connectivity index (χ3v) is 6.67. The average molecular weight is 345 g/mol. The summed E-state index contributed by atoms with van der Waals surface area (Å²) in [5.74, 6) is 3.95. The SMILES string of the molecule is CC(C)c1cc(CN(C)C(=O)NCC23CC4CC(CC(C4)C2)C3)no1. The summed E-state index contributed by atoms with van der Waals surface area (Å²) >= 11 is 0. The van der Waals surface area contributed by atoms with Crippen LogP contribution in [0, 0.1) is 23.2 Å². The van der Waals surface area contributed by atoms with Crippen LogP contribution in [-0.2, 0) is 6.54 Å². The van der Waals surface area contributed by atoms with Gasteiger partial charge in [0.25, 0.3) is 0 Å². The van der Waals surface area contributed by atoms with E-state index < -0.39 is 0 Å². The highest BCUT2D eigenvalue weighted by atomic mass is 16.5. The van der Waals surface area contributed by atoms with Crippen molar-refractivity contribution in [2.75, 3.05) is 13.6 Å². The number of nitrogens with zero attached hydrogens (tertiary/aromatic N) is 2. The van der Waals surface area contributed by atoms with Crippen LogP contribution < -0.4 is 5.32 Å². The summed E-state index contributed by atoms with van der Waals surface area (Å²) in [4.78, 5) is 14.2. The van der Waals surface area contributed by atoms with Gasteiger partial charge in [-0.2, -0.15) is 0 Å². The minimum Gasteiger partial charge on any atom is -0.361 e. The van der Waals surface area contributed by atoms with Crippen LogP contribution >= 0.6 is 0 Å². The lowest BCUT2D eigenvalue weighted by molar-refractivity contribution is -0.0502. The zero-order valence-corrected chi connectivity index (χ0v) is 15.8. The molecule has 2 amide bonds. The summed E-state index contributed by atoms with van der Waals surface area (Å²) in [6, 6.07) is 1.96. The monoisotopic (exact) mass is 345 g/mol. The number of aromatic nitrogens is 1. The van der Waals surface area contributed by atoms with Crippen molar-refractivity contribution in [2.45, 2.75) is 64.8 Å². The number of amides is 2. The first-order chi connectivity index (χ1) is 11.9. The number of hydrogen-bond donors (Lipinski definition) is 1. The molecule has 5 nitrogen and oxygen atoms in total. The maximum absolute atomic E-state index is 12.5. The van der Waals surface area contributed by atoms with E-state index in [0.29, 0.717) is 17.9 Å². The van der Waals surface area contributed by atoms with Gasteiger partial charge in [-0.05, 0) is 61.7 Å². The Morgan fingerprint density at radius 3 is 2.40 bits per heavy atom. The number of hydrogen-bond acceptors (Lipinski definition) is 3. The lowest BCUT2D eigenvalue weighted by atomic mass is 9.49. The van der Waals surface area contributed by atoms with Gasteiger partial charge < -0.3 is 14.7 Å². The second kappa shape index (κ2) is 6.33. The standard InChI is InChI=1S/C20H31N3O2/c1-13(2)18-7-17(22-25-18)11-23(3)19(24)21-12-20-8-14-4-15(9-20)6-16(5-14)10-20/h7,13-16H,4-6,8-12H2,1-3H3,(H,21,24). The minimum absolute atomic E-state index is 0.00448. The molecule has 25 heavy (non-hydrogen) atoms. The molecule has 4 aliphatic rings. The van der Waals surface area contributed by atoms with E-state index in [2.05, 4.69) is 24.3 Å². The van der Waals surface area contributed by atoms with Crippen molar-refractivity contribution in [3.05, 3.63) is 17.5 Å². The molecule has 4 fully saturated rings. The van der Waals surface area contributed by atoms with Gasteiger partial charge in [-0.25, -0.2) is 4.79 Å². The van der Waals surface area contributed by atoms with Gasteiger partial charge in [0.1, 0.15) is 11.5 Å². The first kappa shape index (κ1) is 16.9. The van der Waals surface area contributed by atoms with Gasteiger partial charge in [0.15, 0.2) is 0 Å². The second-order valence-corrected chi connectivity index (χ2v) is 9.31. The first-order valence-electron chi connectivity index (χ1n) is 9.87. The Morgan fingerprint density at radius 2 is 1.88 bits per heavy atom. The predicted octanol–water partition coefficient (Wildman–Crippen LogP) is 4.16. The van der Waals surface area contributed by atoms with Crippen molar-refractivity contribution < 1.29 is 9.32 Å². The van der Waals surface area contributed by atoms with Crippen molar-refractivity contribution in [1.29, 1.82) is 0 Å². The molecule has 1 aromatic rings. The molecule has 0 spiro atoms. The van der Waals surface area contributed by atoms with Gasteiger partial charge in [-0.1, -0.05) is 19.0 Å². The highest BCUT2D eigenvalue weighted by Crippen LogP contribution is 2.59. The van der Waals surface area contributed by atoms with Crippen molar-refractivity contribution in [3.63, 3.8) is 0 Å². The van der Waals surface area contributed by atoms with Crippen LogP contribution in [0.1, 0.15) is 69.7 Å². The number of urea groups is 1. The van der Waals surface area contributed by atoms with Gasteiger partial charge >= 0.3 is 6.03 Å². The quantitative estimate of drug-likeness (QED) is 0.872. The lowest BCUT2D eigenvalue weighted by Gasteiger charge is -2.56. The van der Waals surface area contributed by atoms with Gasteiger partial charge in [0, 0.05) is 25.6 Å². The van der Waals surface area contributed by atoms with E-state index in [4.69, 9.17) is 4.52 Å². The Bertz CT molecular complexity index is 601. The van der Waals surface area contributed by atoms with Crippen molar-refractivity contribution in [3.8, 4) is 0 Å². The minimum atomic E-state index is 0.00448. The molecule has 1 heterocycles. The van der Waals surface area contributed by atoms with Gasteiger partial charge in [0.2, 0.25) is 0 Å². The molecule has 0 radical (unpaired) electrons.